The number of amides is 1. The third kappa shape index (κ3) is 3.78. The van der Waals surface area contributed by atoms with E-state index in [0.29, 0.717) is 12.1 Å². The first-order valence-electron chi connectivity index (χ1n) is 5.67. The van der Waals surface area contributed by atoms with Crippen LogP contribution in [0.15, 0.2) is 34.2 Å². The van der Waals surface area contributed by atoms with E-state index in [-0.39, 0.29) is 11.1 Å². The first-order valence-corrected chi connectivity index (χ1v) is 7.72. The molecule has 0 N–H and O–H groups in total. The van der Waals surface area contributed by atoms with Gasteiger partial charge in [0.05, 0.1) is 5.56 Å². The van der Waals surface area contributed by atoms with Gasteiger partial charge in [-0.1, -0.05) is 17.7 Å². The lowest BCUT2D eigenvalue weighted by Gasteiger charge is -2.17. The Morgan fingerprint density at radius 1 is 1.58 bits per heavy atom. The molecule has 6 heteroatoms. The molecule has 0 atom stereocenters. The molecule has 2 heterocycles. The first kappa shape index (κ1) is 14.5. The molecule has 0 unspecified atom stereocenters. The molecule has 0 aliphatic carbocycles. The van der Waals surface area contributed by atoms with Crippen LogP contribution in [-0.2, 0) is 6.42 Å². The Labute approximate surface area is 129 Å². The zero-order valence-corrected chi connectivity index (χ0v) is 13.4. The minimum atomic E-state index is -0.115. The Morgan fingerprint density at radius 2 is 2.37 bits per heavy atom. The quantitative estimate of drug-likeness (QED) is 0.776. The summed E-state index contributed by atoms with van der Waals surface area (Å²) in [5.41, 5.74) is 0.421. The molecule has 0 aliphatic heterocycles. The predicted molar refractivity (Wildman–Crippen MR) is 81.9 cm³/mol. The second-order valence-corrected chi connectivity index (χ2v) is 6.35. The molecule has 3 nitrogen and oxygen atoms in total. The molecule has 0 fully saturated rings. The number of likely N-dealkylation sites (N-methyl/N-ethyl adjacent to an activating group) is 1. The van der Waals surface area contributed by atoms with Crippen molar-refractivity contribution < 1.29 is 4.79 Å². The summed E-state index contributed by atoms with van der Waals surface area (Å²) >= 11 is 10.9. The van der Waals surface area contributed by atoms with Crippen molar-refractivity contribution in [3.63, 3.8) is 0 Å². The van der Waals surface area contributed by atoms with Crippen LogP contribution in [0.25, 0.3) is 0 Å². The van der Waals surface area contributed by atoms with Crippen molar-refractivity contribution in [2.45, 2.75) is 6.42 Å². The number of thiophene rings is 1. The minimum Gasteiger partial charge on any atom is -0.341 e. The highest BCUT2D eigenvalue weighted by molar-refractivity contribution is 9.10. The average molecular weight is 360 g/mol. The van der Waals surface area contributed by atoms with E-state index in [4.69, 9.17) is 11.6 Å². The van der Waals surface area contributed by atoms with Crippen molar-refractivity contribution >= 4 is 44.8 Å². The van der Waals surface area contributed by atoms with Crippen LogP contribution in [0.4, 0.5) is 0 Å². The van der Waals surface area contributed by atoms with Crippen LogP contribution in [0.3, 0.4) is 0 Å². The predicted octanol–water partition coefficient (Wildman–Crippen LogP) is 3.87. The number of carbonyl (C=O) groups is 1. The molecule has 0 radical (unpaired) electrons. The summed E-state index contributed by atoms with van der Waals surface area (Å²) < 4.78 is 0.743. The van der Waals surface area contributed by atoms with Crippen molar-refractivity contribution in [1.29, 1.82) is 0 Å². The fourth-order valence-electron chi connectivity index (χ4n) is 1.61. The van der Waals surface area contributed by atoms with Crippen molar-refractivity contribution in [1.82, 2.24) is 9.88 Å². The highest BCUT2D eigenvalue weighted by atomic mass is 79.9. The molecule has 0 aromatic carbocycles. The van der Waals surface area contributed by atoms with Gasteiger partial charge in [-0.05, 0) is 39.9 Å². The normalized spacial score (nSPS) is 10.5. The van der Waals surface area contributed by atoms with Crippen LogP contribution in [0.5, 0.6) is 0 Å². The van der Waals surface area contributed by atoms with Gasteiger partial charge in [0, 0.05) is 29.1 Å². The molecule has 1 amide bonds. The largest absolute Gasteiger partial charge is 0.341 e. The number of rotatable bonds is 4. The van der Waals surface area contributed by atoms with Gasteiger partial charge in [0.25, 0.3) is 5.91 Å². The summed E-state index contributed by atoms with van der Waals surface area (Å²) in [6, 6.07) is 5.77. The van der Waals surface area contributed by atoms with Gasteiger partial charge in [-0.25, -0.2) is 4.98 Å². The zero-order chi connectivity index (χ0) is 13.8. The van der Waals surface area contributed by atoms with E-state index >= 15 is 0 Å². The SMILES string of the molecule is CN(CCc1cccs1)C(=O)c1cc(Br)cnc1Cl. The average Bonchev–Trinajstić information content (AvgIpc) is 2.91. The lowest BCUT2D eigenvalue weighted by molar-refractivity contribution is 0.0796. The molecular formula is C13H12BrClN2OS. The number of aromatic nitrogens is 1. The maximum atomic E-state index is 12.3. The van der Waals surface area contributed by atoms with Gasteiger partial charge >= 0.3 is 0 Å². The van der Waals surface area contributed by atoms with Crippen LogP contribution in [0, 0.1) is 0 Å². The summed E-state index contributed by atoms with van der Waals surface area (Å²) in [7, 11) is 1.77. The first-order chi connectivity index (χ1) is 9.08. The molecule has 19 heavy (non-hydrogen) atoms. The number of carbonyl (C=O) groups excluding carboxylic acids is 1. The third-order valence-corrected chi connectivity index (χ3v) is 4.33. The highest BCUT2D eigenvalue weighted by Gasteiger charge is 2.16. The zero-order valence-electron chi connectivity index (χ0n) is 10.3. The van der Waals surface area contributed by atoms with Gasteiger partial charge in [-0.3, -0.25) is 4.79 Å². The fourth-order valence-corrected chi connectivity index (χ4v) is 2.83. The van der Waals surface area contributed by atoms with Gasteiger partial charge in [0.15, 0.2) is 0 Å². The van der Waals surface area contributed by atoms with Crippen molar-refractivity contribution in [3.05, 3.63) is 49.8 Å². The van der Waals surface area contributed by atoms with Gasteiger partial charge in [-0.15, -0.1) is 11.3 Å². The van der Waals surface area contributed by atoms with Crippen molar-refractivity contribution in [3.8, 4) is 0 Å². The Kier molecular flexibility index (Phi) is 4.96. The van der Waals surface area contributed by atoms with Crippen molar-refractivity contribution in [2.75, 3.05) is 13.6 Å². The second kappa shape index (κ2) is 6.50. The van der Waals surface area contributed by atoms with Gasteiger partial charge in [0.2, 0.25) is 0 Å². The molecule has 100 valence electrons. The van der Waals surface area contributed by atoms with E-state index in [1.54, 1.807) is 35.5 Å². The molecule has 0 aliphatic rings. The number of hydrogen-bond acceptors (Lipinski definition) is 3. The number of hydrogen-bond donors (Lipinski definition) is 0. The van der Waals surface area contributed by atoms with Crippen molar-refractivity contribution in [2.24, 2.45) is 0 Å². The van der Waals surface area contributed by atoms with Crippen LogP contribution in [-0.4, -0.2) is 29.4 Å². The van der Waals surface area contributed by atoms with Crippen LogP contribution < -0.4 is 0 Å². The van der Waals surface area contributed by atoms with Crippen LogP contribution in [0.1, 0.15) is 15.2 Å². The molecule has 0 spiro atoms. The van der Waals surface area contributed by atoms with Gasteiger partial charge < -0.3 is 4.90 Å². The monoisotopic (exact) mass is 358 g/mol. The Hall–Kier alpha value is -0.910. The summed E-state index contributed by atoms with van der Waals surface area (Å²) in [6.07, 6.45) is 2.42. The lowest BCUT2D eigenvalue weighted by Crippen LogP contribution is -2.29. The third-order valence-electron chi connectivity index (χ3n) is 2.66. The molecule has 2 rings (SSSR count). The summed E-state index contributed by atoms with van der Waals surface area (Å²) in [5, 5.41) is 2.27. The fraction of sp³-hybridized carbons (Fsp3) is 0.231. The van der Waals surface area contributed by atoms with E-state index < -0.39 is 0 Å². The van der Waals surface area contributed by atoms with Gasteiger partial charge in [-0.2, -0.15) is 0 Å². The minimum absolute atomic E-state index is 0.115. The van der Waals surface area contributed by atoms with E-state index in [1.807, 2.05) is 11.4 Å². The summed E-state index contributed by atoms with van der Waals surface area (Å²) in [4.78, 5) is 19.2. The number of pyridine rings is 1. The van der Waals surface area contributed by atoms with E-state index in [0.717, 1.165) is 10.9 Å². The van der Waals surface area contributed by atoms with E-state index in [1.165, 1.54) is 4.88 Å². The highest BCUT2D eigenvalue weighted by Crippen LogP contribution is 2.19. The van der Waals surface area contributed by atoms with E-state index in [2.05, 4.69) is 27.0 Å². The van der Waals surface area contributed by atoms with Crippen LogP contribution in [0.2, 0.25) is 5.15 Å². The van der Waals surface area contributed by atoms with E-state index in [9.17, 15) is 4.79 Å². The molecule has 2 aromatic heterocycles. The number of nitrogens with zero attached hydrogens (tertiary/aromatic N) is 2. The summed E-state index contributed by atoms with van der Waals surface area (Å²) in [5.74, 6) is -0.115. The maximum absolute atomic E-state index is 12.3. The number of halogens is 2. The molecule has 0 saturated heterocycles. The summed E-state index contributed by atoms with van der Waals surface area (Å²) in [6.45, 7) is 0.655. The second-order valence-electron chi connectivity index (χ2n) is 4.05. The van der Waals surface area contributed by atoms with Gasteiger partial charge in [0.1, 0.15) is 5.15 Å². The van der Waals surface area contributed by atoms with Crippen LogP contribution >= 0.6 is 38.9 Å². The Balaban J connectivity index is 2.04. The topological polar surface area (TPSA) is 33.2 Å². The molecule has 0 bridgehead atoms. The molecule has 2 aromatic rings. The lowest BCUT2D eigenvalue weighted by atomic mass is 10.2. The Bertz CT molecular complexity index is 574. The standard InChI is InChI=1S/C13H12BrClN2OS/c1-17(5-4-10-3-2-6-19-10)13(18)11-7-9(14)8-16-12(11)15/h2-3,6-8H,4-5H2,1H3. The maximum Gasteiger partial charge on any atom is 0.256 e. The smallest absolute Gasteiger partial charge is 0.256 e. The molecular weight excluding hydrogens is 348 g/mol. The molecule has 0 saturated carbocycles. The Morgan fingerprint density at radius 3 is 3.05 bits per heavy atom.